The summed E-state index contributed by atoms with van der Waals surface area (Å²) in [5.41, 5.74) is -3.45. The van der Waals surface area contributed by atoms with E-state index in [1.807, 2.05) is 0 Å². The van der Waals surface area contributed by atoms with E-state index in [4.69, 9.17) is 14.9 Å². The van der Waals surface area contributed by atoms with Crippen LogP contribution >= 0.6 is 15.9 Å². The van der Waals surface area contributed by atoms with Crippen LogP contribution in [0.5, 0.6) is 0 Å². The van der Waals surface area contributed by atoms with Crippen molar-refractivity contribution in [2.24, 2.45) is 0 Å². The smallest absolute Gasteiger partial charge is 0.417 e. The van der Waals surface area contributed by atoms with Crippen molar-refractivity contribution >= 4 is 39.5 Å². The summed E-state index contributed by atoms with van der Waals surface area (Å²) in [4.78, 5) is 40.7. The van der Waals surface area contributed by atoms with Gasteiger partial charge in [0.1, 0.15) is 5.60 Å². The lowest BCUT2D eigenvalue weighted by Crippen LogP contribution is -2.56. The number of ketones is 1. The first-order valence-electron chi connectivity index (χ1n) is 11.8. The summed E-state index contributed by atoms with van der Waals surface area (Å²) in [5, 5.41) is 10.7. The van der Waals surface area contributed by atoms with Gasteiger partial charge in [0.15, 0.2) is 11.8 Å². The fourth-order valence-corrected chi connectivity index (χ4v) is 4.55. The molecule has 0 radical (unpaired) electrons. The highest BCUT2D eigenvalue weighted by atomic mass is 79.9. The second kappa shape index (κ2) is 11.0. The molecule has 1 fully saturated rings. The molecular weight excluding hydrogens is 559 g/mol. The maximum Gasteiger partial charge on any atom is 0.417 e. The number of Topliss-reactive ketones (excluding diaryl/α,β-unsaturated/α-hetero) is 1. The van der Waals surface area contributed by atoms with Crippen LogP contribution in [0, 0.1) is 5.41 Å². The van der Waals surface area contributed by atoms with Crippen LogP contribution in [-0.2, 0) is 19.1 Å². The Kier molecular flexibility index (Phi) is 9.10. The molecule has 0 saturated carbocycles. The van der Waals surface area contributed by atoms with Gasteiger partial charge in [-0.1, -0.05) is 15.9 Å². The third kappa shape index (κ3) is 7.03. The van der Waals surface area contributed by atoms with E-state index in [1.54, 1.807) is 34.6 Å². The Bertz CT molecular complexity index is 1070. The molecule has 2 aliphatic rings. The van der Waals surface area contributed by atoms with Crippen LogP contribution in [0.25, 0.3) is 0 Å². The molecule has 0 bridgehead atoms. The second-order valence-electron chi connectivity index (χ2n) is 10.4. The highest BCUT2D eigenvalue weighted by Crippen LogP contribution is 2.39. The second-order valence-corrected chi connectivity index (χ2v) is 11.3. The molecular formula is C25H33BrF3N3O5. The van der Waals surface area contributed by atoms with Gasteiger partial charge >= 0.3 is 18.2 Å². The van der Waals surface area contributed by atoms with E-state index in [0.717, 1.165) is 12.3 Å². The minimum absolute atomic E-state index is 0.0783. The summed E-state index contributed by atoms with van der Waals surface area (Å²) in [6, 6.07) is -2.79. The van der Waals surface area contributed by atoms with Gasteiger partial charge in [-0.05, 0) is 73.0 Å². The topological polar surface area (TPSA) is 109 Å². The number of likely N-dealkylation sites (tertiary alicyclic amines) is 1. The molecule has 1 amide bonds. The first-order chi connectivity index (χ1) is 16.8. The third-order valence-corrected chi connectivity index (χ3v) is 6.81. The van der Waals surface area contributed by atoms with E-state index in [2.05, 4.69) is 21.2 Å². The molecule has 2 rings (SSSR count). The lowest BCUT2D eigenvalue weighted by atomic mass is 9.91. The lowest BCUT2D eigenvalue weighted by Gasteiger charge is -2.37. The summed E-state index contributed by atoms with van der Waals surface area (Å²) < 4.78 is 51.8. The van der Waals surface area contributed by atoms with Crippen molar-refractivity contribution < 1.29 is 37.0 Å². The van der Waals surface area contributed by atoms with Gasteiger partial charge in [0.25, 0.3) is 0 Å². The molecule has 0 spiro atoms. The molecule has 1 heterocycles. The molecule has 0 aromatic heterocycles. The van der Waals surface area contributed by atoms with Crippen molar-refractivity contribution in [2.75, 3.05) is 6.61 Å². The number of hydrogen-bond donors (Lipinski definition) is 2. The molecule has 1 aliphatic heterocycles. The quantitative estimate of drug-likeness (QED) is 0.319. The van der Waals surface area contributed by atoms with Gasteiger partial charge in [-0.2, -0.15) is 13.2 Å². The van der Waals surface area contributed by atoms with E-state index >= 15 is 0 Å². The van der Waals surface area contributed by atoms with Crippen LogP contribution in [0.15, 0.2) is 33.5 Å². The average Bonchev–Trinajstić information content (AvgIpc) is 3.06. The van der Waals surface area contributed by atoms with E-state index in [0.29, 0.717) is 6.42 Å². The summed E-state index contributed by atoms with van der Waals surface area (Å²) >= 11 is 3.03. The highest BCUT2D eigenvalue weighted by Gasteiger charge is 2.50. The predicted molar refractivity (Wildman–Crippen MR) is 135 cm³/mol. The Morgan fingerprint density at radius 2 is 1.89 bits per heavy atom. The first kappa shape index (κ1) is 30.6. The molecule has 2 N–H and O–H groups in total. The van der Waals surface area contributed by atoms with Crippen molar-refractivity contribution in [1.29, 1.82) is 5.41 Å². The number of rotatable bonds is 6. The van der Waals surface area contributed by atoms with Crippen molar-refractivity contribution in [3.63, 3.8) is 0 Å². The van der Waals surface area contributed by atoms with E-state index in [9.17, 15) is 27.6 Å². The Morgan fingerprint density at radius 1 is 1.30 bits per heavy atom. The van der Waals surface area contributed by atoms with Crippen LogP contribution in [0.1, 0.15) is 61.3 Å². The molecule has 0 aromatic carbocycles. The maximum atomic E-state index is 13.7. The Labute approximate surface area is 222 Å². The van der Waals surface area contributed by atoms with Crippen LogP contribution in [0.4, 0.5) is 18.0 Å². The van der Waals surface area contributed by atoms with Gasteiger partial charge in [-0.15, -0.1) is 0 Å². The predicted octanol–water partition coefficient (Wildman–Crippen LogP) is 5.33. The van der Waals surface area contributed by atoms with Gasteiger partial charge < -0.3 is 14.8 Å². The monoisotopic (exact) mass is 591 g/mol. The van der Waals surface area contributed by atoms with Gasteiger partial charge in [-0.25, -0.2) is 9.59 Å². The number of nitrogens with zero attached hydrogens (tertiary/aromatic N) is 1. The Balaban J connectivity index is 2.48. The summed E-state index contributed by atoms with van der Waals surface area (Å²) in [6.45, 7) is 11.5. The number of ether oxygens (including phenoxy) is 2. The summed E-state index contributed by atoms with van der Waals surface area (Å²) in [5.74, 6) is -1.76. The summed E-state index contributed by atoms with van der Waals surface area (Å²) in [6.07, 6.45) is -3.21. The number of alkyl halides is 3. The number of carbonyl (C=O) groups excluding carboxylic acids is 3. The first-order valence-corrected chi connectivity index (χ1v) is 12.5. The minimum Gasteiger partial charge on any atom is -0.464 e. The molecule has 1 aliphatic carbocycles. The normalized spacial score (nSPS) is 22.1. The van der Waals surface area contributed by atoms with Crippen LogP contribution in [0.3, 0.4) is 0 Å². The average molecular weight is 592 g/mol. The van der Waals surface area contributed by atoms with E-state index in [-0.39, 0.29) is 23.1 Å². The zero-order valence-electron chi connectivity index (χ0n) is 21.9. The molecule has 8 nitrogen and oxygen atoms in total. The van der Waals surface area contributed by atoms with Gasteiger partial charge in [0.05, 0.1) is 23.9 Å². The number of amides is 1. The molecule has 206 valence electrons. The minimum atomic E-state index is -4.80. The fourth-order valence-electron chi connectivity index (χ4n) is 4.12. The molecule has 12 heteroatoms. The zero-order valence-corrected chi connectivity index (χ0v) is 23.5. The van der Waals surface area contributed by atoms with Crippen LogP contribution in [-0.4, -0.2) is 64.5 Å². The number of esters is 1. The van der Waals surface area contributed by atoms with Crippen molar-refractivity contribution in [1.82, 2.24) is 10.2 Å². The summed E-state index contributed by atoms with van der Waals surface area (Å²) in [7, 11) is 0. The van der Waals surface area contributed by atoms with E-state index in [1.165, 1.54) is 18.7 Å². The standard InChI is InChI=1S/C25H33BrF3N3O5/c1-8-36-21(34)19(31-12-14-15(25(27,28)29)11-16(26)13(2)18(14)30)20(33)17-9-10-24(6,7)32(17)22(35)37-23(3,4)5/h11-12,17,19,30-31H,8-10H2,1-7H3/b14-12-,30-18?. The van der Waals surface area contributed by atoms with E-state index < -0.39 is 64.1 Å². The Morgan fingerprint density at radius 3 is 2.41 bits per heavy atom. The van der Waals surface area contributed by atoms with Crippen LogP contribution < -0.4 is 5.32 Å². The zero-order chi connectivity index (χ0) is 28.5. The van der Waals surface area contributed by atoms with Crippen LogP contribution in [0.2, 0.25) is 0 Å². The molecule has 0 aromatic rings. The Hall–Kier alpha value is -2.63. The SMILES string of the molecule is CCOC(=O)C(N/C=C1\C(=N)C(C)=C(Br)C=C1C(F)(F)F)C(=O)C1CCC(C)(C)N1C(=O)OC(C)(C)C. The largest absolute Gasteiger partial charge is 0.464 e. The molecule has 1 saturated heterocycles. The van der Waals surface area contributed by atoms with Crippen molar-refractivity contribution in [2.45, 2.75) is 90.7 Å². The highest BCUT2D eigenvalue weighted by molar-refractivity contribution is 9.12. The molecule has 37 heavy (non-hydrogen) atoms. The number of hydrogen-bond acceptors (Lipinski definition) is 7. The number of halogens is 4. The van der Waals surface area contributed by atoms with Crippen molar-refractivity contribution in [3.8, 4) is 0 Å². The van der Waals surface area contributed by atoms with Gasteiger partial charge in [0, 0.05) is 21.8 Å². The van der Waals surface area contributed by atoms with Gasteiger partial charge in [-0.3, -0.25) is 15.1 Å². The third-order valence-electron chi connectivity index (χ3n) is 5.98. The van der Waals surface area contributed by atoms with Crippen molar-refractivity contribution in [3.05, 3.63) is 33.5 Å². The lowest BCUT2D eigenvalue weighted by molar-refractivity contribution is -0.149. The number of allylic oxidation sites excluding steroid dienone is 5. The molecule has 2 atom stereocenters. The number of carbonyl (C=O) groups is 3. The molecule has 2 unspecified atom stereocenters. The number of nitrogens with one attached hydrogen (secondary N) is 2. The maximum absolute atomic E-state index is 13.7. The van der Waals surface area contributed by atoms with Gasteiger partial charge in [0.2, 0.25) is 0 Å². The fraction of sp³-hybridized carbons (Fsp3) is 0.600.